The predicted molar refractivity (Wildman–Crippen MR) is 85.4 cm³/mol. The number of ether oxygens (including phenoxy) is 1. The highest BCUT2D eigenvalue weighted by Gasteiger charge is 2.09. The van der Waals surface area contributed by atoms with Gasteiger partial charge >= 0.3 is 5.97 Å². The molecular weight excluding hydrogens is 306 g/mol. The van der Waals surface area contributed by atoms with Gasteiger partial charge in [-0.25, -0.2) is 0 Å². The van der Waals surface area contributed by atoms with Crippen LogP contribution in [0, 0.1) is 0 Å². The van der Waals surface area contributed by atoms with Crippen LogP contribution >= 0.6 is 12.2 Å². The zero-order valence-electron chi connectivity index (χ0n) is 12.3. The molecule has 0 saturated carbocycles. The van der Waals surface area contributed by atoms with Gasteiger partial charge < -0.3 is 20.7 Å². The molecule has 0 atom stereocenters. The Balaban J connectivity index is 2.46. The summed E-state index contributed by atoms with van der Waals surface area (Å²) in [6.45, 7) is 0. The topological polar surface area (TPSA) is 96.5 Å². The van der Waals surface area contributed by atoms with Gasteiger partial charge in [0, 0.05) is 24.7 Å². The predicted octanol–water partition coefficient (Wildman–Crippen LogP) is 0.812. The van der Waals surface area contributed by atoms with Crippen LogP contribution in [0.1, 0.15) is 23.2 Å². The molecule has 0 unspecified atom stereocenters. The molecule has 0 aromatic heterocycles. The molecule has 3 N–H and O–H groups in total. The third kappa shape index (κ3) is 5.88. The van der Waals surface area contributed by atoms with Gasteiger partial charge in [-0.2, -0.15) is 0 Å². The molecule has 0 spiro atoms. The van der Waals surface area contributed by atoms with E-state index in [1.165, 1.54) is 7.11 Å². The quantitative estimate of drug-likeness (QED) is 0.548. The van der Waals surface area contributed by atoms with Gasteiger partial charge in [-0.15, -0.1) is 0 Å². The van der Waals surface area contributed by atoms with Gasteiger partial charge in [0.2, 0.25) is 5.91 Å². The van der Waals surface area contributed by atoms with E-state index in [4.69, 9.17) is 12.2 Å². The van der Waals surface area contributed by atoms with E-state index in [-0.39, 0.29) is 29.8 Å². The van der Waals surface area contributed by atoms with E-state index in [1.807, 2.05) is 0 Å². The van der Waals surface area contributed by atoms with Crippen LogP contribution in [-0.2, 0) is 14.3 Å². The van der Waals surface area contributed by atoms with Crippen molar-refractivity contribution in [3.8, 4) is 0 Å². The van der Waals surface area contributed by atoms with E-state index in [2.05, 4.69) is 20.7 Å². The Labute approximate surface area is 133 Å². The maximum absolute atomic E-state index is 11.5. The normalized spacial score (nSPS) is 9.55. The third-order valence-electron chi connectivity index (χ3n) is 2.67. The first-order chi connectivity index (χ1) is 10.5. The molecular formula is C14H17N3O4S. The number of rotatable bonds is 5. The van der Waals surface area contributed by atoms with Crippen molar-refractivity contribution >= 4 is 40.8 Å². The van der Waals surface area contributed by atoms with Crippen molar-refractivity contribution in [3.63, 3.8) is 0 Å². The fourth-order valence-electron chi connectivity index (χ4n) is 1.52. The van der Waals surface area contributed by atoms with E-state index in [0.717, 1.165) is 0 Å². The summed E-state index contributed by atoms with van der Waals surface area (Å²) in [7, 11) is 2.81. The molecule has 0 aliphatic rings. The molecule has 118 valence electrons. The van der Waals surface area contributed by atoms with E-state index in [1.54, 1.807) is 31.3 Å². The Kier molecular flexibility index (Phi) is 6.97. The molecule has 8 heteroatoms. The first-order valence-corrected chi connectivity index (χ1v) is 6.87. The molecule has 0 aliphatic carbocycles. The fourth-order valence-corrected chi connectivity index (χ4v) is 1.75. The molecule has 1 rings (SSSR count). The van der Waals surface area contributed by atoms with Gasteiger partial charge in [0.25, 0.3) is 5.91 Å². The molecule has 7 nitrogen and oxygen atoms in total. The van der Waals surface area contributed by atoms with Gasteiger partial charge in [0.05, 0.1) is 13.5 Å². The number of carbonyl (C=O) groups excluding carboxylic acids is 3. The lowest BCUT2D eigenvalue weighted by molar-refractivity contribution is -0.142. The number of thiocarbonyl (C=S) groups is 1. The lowest BCUT2D eigenvalue weighted by atomic mass is 10.2. The summed E-state index contributed by atoms with van der Waals surface area (Å²) in [4.78, 5) is 33.9. The van der Waals surface area contributed by atoms with Crippen molar-refractivity contribution in [2.24, 2.45) is 0 Å². The zero-order valence-corrected chi connectivity index (χ0v) is 13.1. The molecule has 0 saturated heterocycles. The van der Waals surface area contributed by atoms with Crippen LogP contribution < -0.4 is 16.0 Å². The summed E-state index contributed by atoms with van der Waals surface area (Å²) in [5.74, 6) is -1.03. The van der Waals surface area contributed by atoms with Crippen LogP contribution in [0.3, 0.4) is 0 Å². The highest BCUT2D eigenvalue weighted by atomic mass is 32.1. The number of hydrogen-bond acceptors (Lipinski definition) is 5. The Hall–Kier alpha value is -2.48. The number of benzene rings is 1. The molecule has 0 heterocycles. The number of anilines is 1. The summed E-state index contributed by atoms with van der Waals surface area (Å²) >= 11 is 4.99. The van der Waals surface area contributed by atoms with Crippen molar-refractivity contribution in [3.05, 3.63) is 29.8 Å². The van der Waals surface area contributed by atoms with Gasteiger partial charge in [-0.3, -0.25) is 14.4 Å². The van der Waals surface area contributed by atoms with E-state index >= 15 is 0 Å². The second kappa shape index (κ2) is 8.73. The Bertz CT molecular complexity index is 572. The Morgan fingerprint density at radius 1 is 1.14 bits per heavy atom. The zero-order chi connectivity index (χ0) is 16.5. The highest BCUT2D eigenvalue weighted by molar-refractivity contribution is 7.80. The molecule has 1 aromatic rings. The van der Waals surface area contributed by atoms with Crippen LogP contribution in [0.2, 0.25) is 0 Å². The summed E-state index contributed by atoms with van der Waals surface area (Å²) < 4.78 is 4.44. The monoisotopic (exact) mass is 323 g/mol. The van der Waals surface area contributed by atoms with Crippen molar-refractivity contribution in [2.75, 3.05) is 19.5 Å². The van der Waals surface area contributed by atoms with Crippen LogP contribution in [0.4, 0.5) is 5.69 Å². The Morgan fingerprint density at radius 2 is 1.77 bits per heavy atom. The average molecular weight is 323 g/mol. The Morgan fingerprint density at radius 3 is 2.32 bits per heavy atom. The van der Waals surface area contributed by atoms with E-state index < -0.39 is 5.97 Å². The molecule has 2 amide bonds. The van der Waals surface area contributed by atoms with Gasteiger partial charge in [0.1, 0.15) is 0 Å². The van der Waals surface area contributed by atoms with Crippen LogP contribution in [0.5, 0.6) is 0 Å². The van der Waals surface area contributed by atoms with Gasteiger partial charge in [-0.1, -0.05) is 0 Å². The number of nitrogens with one attached hydrogen (secondary N) is 3. The summed E-state index contributed by atoms with van der Waals surface area (Å²) in [5.41, 5.74) is 1.15. The minimum Gasteiger partial charge on any atom is -0.469 e. The first-order valence-electron chi connectivity index (χ1n) is 6.46. The fraction of sp³-hybridized carbons (Fsp3) is 0.286. The second-order valence-corrected chi connectivity index (χ2v) is 4.64. The van der Waals surface area contributed by atoms with Crippen LogP contribution in [0.25, 0.3) is 0 Å². The summed E-state index contributed by atoms with van der Waals surface area (Å²) in [6, 6.07) is 6.58. The van der Waals surface area contributed by atoms with Crippen molar-refractivity contribution in [1.82, 2.24) is 10.6 Å². The van der Waals surface area contributed by atoms with Crippen molar-refractivity contribution < 1.29 is 19.1 Å². The average Bonchev–Trinajstić information content (AvgIpc) is 2.52. The van der Waals surface area contributed by atoms with Crippen molar-refractivity contribution in [2.45, 2.75) is 12.8 Å². The van der Waals surface area contributed by atoms with Gasteiger partial charge in [-0.05, 0) is 36.5 Å². The van der Waals surface area contributed by atoms with Crippen LogP contribution in [-0.4, -0.2) is 37.1 Å². The van der Waals surface area contributed by atoms with E-state index in [0.29, 0.717) is 11.3 Å². The maximum Gasteiger partial charge on any atom is 0.306 e. The third-order valence-corrected chi connectivity index (χ3v) is 2.87. The number of esters is 1. The molecule has 22 heavy (non-hydrogen) atoms. The number of methoxy groups -OCH3 is 1. The molecule has 0 fully saturated rings. The van der Waals surface area contributed by atoms with E-state index in [9.17, 15) is 14.4 Å². The number of carbonyl (C=O) groups is 3. The second-order valence-electron chi connectivity index (χ2n) is 4.23. The minimum atomic E-state index is -0.459. The lowest BCUT2D eigenvalue weighted by Gasteiger charge is -2.09. The maximum atomic E-state index is 11.5. The summed E-state index contributed by atoms with van der Waals surface area (Å²) in [6.07, 6.45) is -0.0180. The molecule has 1 aromatic carbocycles. The minimum absolute atomic E-state index is 0.00816. The smallest absolute Gasteiger partial charge is 0.306 e. The summed E-state index contributed by atoms with van der Waals surface area (Å²) in [5, 5.41) is 7.89. The first kappa shape index (κ1) is 17.6. The largest absolute Gasteiger partial charge is 0.469 e. The molecule has 0 radical (unpaired) electrons. The SMILES string of the molecule is CNC(=O)c1ccc(NC(=S)NC(=O)CCC(=O)OC)cc1. The molecule has 0 bridgehead atoms. The molecule has 0 aliphatic heterocycles. The van der Waals surface area contributed by atoms with Crippen LogP contribution in [0.15, 0.2) is 24.3 Å². The van der Waals surface area contributed by atoms with Crippen molar-refractivity contribution in [1.29, 1.82) is 0 Å². The number of hydrogen-bond donors (Lipinski definition) is 3. The van der Waals surface area contributed by atoms with Gasteiger partial charge in [0.15, 0.2) is 5.11 Å². The standard InChI is InChI=1S/C14H17N3O4S/c1-15-13(20)9-3-5-10(6-4-9)16-14(22)17-11(18)7-8-12(19)21-2/h3-6H,7-8H2,1-2H3,(H,15,20)(H2,16,17,18,22). The number of amides is 2. The lowest BCUT2D eigenvalue weighted by Crippen LogP contribution is -2.34. The highest BCUT2D eigenvalue weighted by Crippen LogP contribution is 2.09.